The van der Waals surface area contributed by atoms with Crippen LogP contribution in [0, 0.1) is 0 Å². The second-order valence-electron chi connectivity index (χ2n) is 17.4. The first-order valence-electron chi connectivity index (χ1n) is 22.8. The summed E-state index contributed by atoms with van der Waals surface area (Å²) < 4.78 is 9.63. The molecule has 2 aromatic heterocycles. The zero-order valence-corrected chi connectivity index (χ0v) is 35.9. The fraction of sp³-hybridized carbons (Fsp3) is 0. The van der Waals surface area contributed by atoms with Crippen molar-refractivity contribution in [3.63, 3.8) is 0 Å². The quantitative estimate of drug-likeness (QED) is 0.158. The summed E-state index contributed by atoms with van der Waals surface area (Å²) in [5, 5.41) is 14.4. The molecule has 0 N–H and O–H groups in total. The Bertz CT molecular complexity index is 4160. The van der Waals surface area contributed by atoms with E-state index in [0.717, 1.165) is 33.2 Å². The number of benzene rings is 12. The van der Waals surface area contributed by atoms with Gasteiger partial charge >= 0.3 is 0 Å². The van der Waals surface area contributed by atoms with E-state index < -0.39 is 0 Å². The summed E-state index contributed by atoms with van der Waals surface area (Å²) in [7, 11) is 0. The Morgan fingerprint density at radius 3 is 1.27 bits per heavy atom. The molecule has 0 spiro atoms. The molecule has 0 unspecified atom stereocenters. The fourth-order valence-electron chi connectivity index (χ4n) is 11.4. The summed E-state index contributed by atoms with van der Waals surface area (Å²) in [6.45, 7) is 0. The van der Waals surface area contributed by atoms with Gasteiger partial charge in [0, 0.05) is 43.9 Å². The molecule has 0 radical (unpaired) electrons. The van der Waals surface area contributed by atoms with Gasteiger partial charge in [0.1, 0.15) is 11.2 Å². The van der Waals surface area contributed by atoms with Crippen molar-refractivity contribution in [1.82, 2.24) is 4.57 Å². The highest BCUT2D eigenvalue weighted by Gasteiger charge is 2.25. The van der Waals surface area contributed by atoms with Gasteiger partial charge in [0.25, 0.3) is 0 Å². The smallest absolute Gasteiger partial charge is 0.143 e. The molecule has 12 aromatic carbocycles. The van der Waals surface area contributed by atoms with Crippen LogP contribution in [0.2, 0.25) is 0 Å². The van der Waals surface area contributed by atoms with Gasteiger partial charge in [-0.05, 0) is 95.2 Å². The summed E-state index contributed by atoms with van der Waals surface area (Å²) in [5.74, 6) is 0. The number of nitrogens with zero attached hydrogens (tertiary/aromatic N) is 1. The van der Waals surface area contributed by atoms with E-state index in [1.807, 2.05) is 0 Å². The van der Waals surface area contributed by atoms with E-state index in [4.69, 9.17) is 4.42 Å². The van der Waals surface area contributed by atoms with E-state index in [2.05, 4.69) is 241 Å². The minimum Gasteiger partial charge on any atom is -0.455 e. The second kappa shape index (κ2) is 14.4. The third-order valence-electron chi connectivity index (χ3n) is 14.0. The van der Waals surface area contributed by atoms with Crippen molar-refractivity contribution < 1.29 is 4.42 Å². The lowest BCUT2D eigenvalue weighted by atomic mass is 9.84. The lowest BCUT2D eigenvalue weighted by Crippen LogP contribution is -1.96. The van der Waals surface area contributed by atoms with Crippen LogP contribution in [0.15, 0.2) is 241 Å². The molecule has 0 saturated carbocycles. The van der Waals surface area contributed by atoms with Gasteiger partial charge in [-0.15, -0.1) is 0 Å². The first-order valence-corrected chi connectivity index (χ1v) is 22.8. The first-order chi connectivity index (χ1) is 32.8. The monoisotopic (exact) mass is 837 g/mol. The van der Waals surface area contributed by atoms with Crippen molar-refractivity contribution in [2.24, 2.45) is 0 Å². The molecule has 0 aliphatic rings. The molecular formula is C64H39NO. The van der Waals surface area contributed by atoms with E-state index in [-0.39, 0.29) is 0 Å². The number of hydrogen-bond donors (Lipinski definition) is 0. The van der Waals surface area contributed by atoms with Crippen LogP contribution in [0.3, 0.4) is 0 Å². The first kappa shape index (κ1) is 36.7. The maximum atomic E-state index is 7.18. The largest absolute Gasteiger partial charge is 0.455 e. The van der Waals surface area contributed by atoms with E-state index in [9.17, 15) is 0 Å². The molecule has 0 amide bonds. The number of aromatic nitrogens is 1. The Balaban J connectivity index is 1.06. The molecule has 0 atom stereocenters. The molecule has 66 heavy (non-hydrogen) atoms. The van der Waals surface area contributed by atoms with E-state index in [0.29, 0.717) is 0 Å². The van der Waals surface area contributed by atoms with Crippen LogP contribution in [0.1, 0.15) is 0 Å². The van der Waals surface area contributed by atoms with Crippen molar-refractivity contribution in [3.05, 3.63) is 237 Å². The van der Waals surface area contributed by atoms with Crippen molar-refractivity contribution >= 4 is 86.8 Å². The predicted octanol–water partition coefficient (Wildman–Crippen LogP) is 18.0. The molecule has 2 heterocycles. The van der Waals surface area contributed by atoms with Crippen LogP contribution in [0.4, 0.5) is 0 Å². The number of hydrogen-bond acceptors (Lipinski definition) is 1. The number of fused-ring (bicyclic) bond motifs is 10. The van der Waals surface area contributed by atoms with Gasteiger partial charge in [-0.1, -0.05) is 212 Å². The molecule has 306 valence electrons. The Hall–Kier alpha value is -8.72. The number of para-hydroxylation sites is 4. The van der Waals surface area contributed by atoms with Crippen LogP contribution in [-0.2, 0) is 0 Å². The SMILES string of the molecule is c1ccc(-c2c3ccccc3c(-c3cccc4oc5c(-c6c7ccccc7c(-c7cccc8c9ccccc9n(-c9ccccc9)c78)c7ccccc67)cccc5c34)c3ccccc23)cc1. The second-order valence-corrected chi connectivity index (χ2v) is 17.4. The average Bonchev–Trinajstić information content (AvgIpc) is 3.95. The summed E-state index contributed by atoms with van der Waals surface area (Å²) in [4.78, 5) is 0. The third kappa shape index (κ3) is 5.24. The zero-order valence-electron chi connectivity index (χ0n) is 35.9. The predicted molar refractivity (Wildman–Crippen MR) is 280 cm³/mol. The minimum atomic E-state index is 0.876. The van der Waals surface area contributed by atoms with Gasteiger partial charge in [-0.3, -0.25) is 0 Å². The molecule has 0 aliphatic carbocycles. The summed E-state index contributed by atoms with van der Waals surface area (Å²) in [6.07, 6.45) is 0. The Kier molecular flexibility index (Phi) is 8.02. The highest BCUT2D eigenvalue weighted by atomic mass is 16.3. The highest BCUT2D eigenvalue weighted by molar-refractivity contribution is 6.29. The topological polar surface area (TPSA) is 18.1 Å². The molecular weight excluding hydrogens is 799 g/mol. The lowest BCUT2D eigenvalue weighted by molar-refractivity contribution is 0.670. The Morgan fingerprint density at radius 2 is 0.682 bits per heavy atom. The van der Waals surface area contributed by atoms with Crippen molar-refractivity contribution in [2.75, 3.05) is 0 Å². The normalized spacial score (nSPS) is 11.9. The van der Waals surface area contributed by atoms with E-state index in [1.165, 1.54) is 104 Å². The zero-order chi connectivity index (χ0) is 43.3. The molecule has 2 nitrogen and oxygen atoms in total. The van der Waals surface area contributed by atoms with E-state index >= 15 is 0 Å². The lowest BCUT2D eigenvalue weighted by Gasteiger charge is -2.19. The Labute approximate surface area is 380 Å². The minimum absolute atomic E-state index is 0.876. The molecule has 2 heteroatoms. The van der Waals surface area contributed by atoms with Crippen molar-refractivity contribution in [1.29, 1.82) is 0 Å². The summed E-state index contributed by atoms with van der Waals surface area (Å²) in [6, 6.07) is 86.2. The Morgan fingerprint density at radius 1 is 0.273 bits per heavy atom. The van der Waals surface area contributed by atoms with Gasteiger partial charge in [0.2, 0.25) is 0 Å². The molecule has 0 saturated heterocycles. The van der Waals surface area contributed by atoms with Crippen molar-refractivity contribution in [3.8, 4) is 50.2 Å². The maximum Gasteiger partial charge on any atom is 0.143 e. The van der Waals surface area contributed by atoms with Gasteiger partial charge in [-0.25, -0.2) is 0 Å². The molecule has 14 rings (SSSR count). The van der Waals surface area contributed by atoms with Gasteiger partial charge < -0.3 is 8.98 Å². The van der Waals surface area contributed by atoms with Crippen LogP contribution in [0.5, 0.6) is 0 Å². The highest BCUT2D eigenvalue weighted by Crippen LogP contribution is 2.51. The maximum absolute atomic E-state index is 7.18. The number of furan rings is 1. The fourth-order valence-corrected chi connectivity index (χ4v) is 11.4. The number of rotatable bonds is 5. The van der Waals surface area contributed by atoms with E-state index in [1.54, 1.807) is 0 Å². The van der Waals surface area contributed by atoms with Gasteiger partial charge in [0.05, 0.1) is 11.0 Å². The summed E-state index contributed by atoms with van der Waals surface area (Å²) in [5.41, 5.74) is 14.9. The van der Waals surface area contributed by atoms with Crippen LogP contribution >= 0.6 is 0 Å². The van der Waals surface area contributed by atoms with Crippen LogP contribution in [0.25, 0.3) is 137 Å². The van der Waals surface area contributed by atoms with Gasteiger partial charge in [0.15, 0.2) is 0 Å². The van der Waals surface area contributed by atoms with Crippen LogP contribution < -0.4 is 0 Å². The van der Waals surface area contributed by atoms with Gasteiger partial charge in [-0.2, -0.15) is 0 Å². The molecule has 0 bridgehead atoms. The summed E-state index contributed by atoms with van der Waals surface area (Å²) >= 11 is 0. The molecule has 0 aliphatic heterocycles. The average molecular weight is 838 g/mol. The standard InChI is InChI=1S/C64H39NO/c1-3-20-40(21-4-1)58-43-25-7-9-27-45(43)59(46-28-10-8-26-44(46)58)52-34-19-39-57-62(52)55-37-18-36-54(64(55)66-57)61-49-31-13-11-29-47(49)60(48-30-12-14-32-50(48)61)53-35-17-33-51-42-24-15-16-38-56(42)65(63(51)53)41-22-5-2-6-23-41/h1-39H. The van der Waals surface area contributed by atoms with Crippen molar-refractivity contribution in [2.45, 2.75) is 0 Å². The molecule has 0 fully saturated rings. The third-order valence-corrected chi connectivity index (χ3v) is 14.0. The molecule has 14 aromatic rings. The van der Waals surface area contributed by atoms with Crippen LogP contribution in [-0.4, -0.2) is 4.57 Å².